The Kier molecular flexibility index (Phi) is 36.7. The number of ether oxygens (including phenoxy) is 5. The van der Waals surface area contributed by atoms with Crippen molar-refractivity contribution in [1.82, 2.24) is 0 Å². The van der Waals surface area contributed by atoms with Crippen molar-refractivity contribution in [2.75, 3.05) is 35.0 Å². The van der Waals surface area contributed by atoms with Gasteiger partial charge in [-0.1, -0.05) is 77.8 Å². The molecule has 8 bridgehead atoms. The first-order valence-electron chi connectivity index (χ1n) is 37.3. The molecule has 12 fully saturated rings. The maximum absolute atomic E-state index is 13.8. The molecule has 622 valence electrons. The number of carbonyl (C=O) groups excluding carboxylic acids is 3. The number of alkyl halides is 15. The van der Waals surface area contributed by atoms with Crippen molar-refractivity contribution in [2.24, 2.45) is 88.3 Å². The summed E-state index contributed by atoms with van der Waals surface area (Å²) in [6, 6.07) is 0. The SMILES string of the molecule is C=C(C)C(=O)OC.C=C(C)C(=O)OC.C=C(C)C(=O)OC1C2CCCCC2C(C(C)(O)C(F)(F)F)C2CCCCC21.C=COC.C=COC.CC(CO)(C1CC2CCC1C2)C(F)(F)F.CC(O)(CC1CC2CCC1CC2)C(F)(F)F.CC(O)(CC1CC2CCC1S2)C(F)(F)F.OC1(C(F)(F)F)CC2CCC1C2. The highest BCUT2D eigenvalue weighted by molar-refractivity contribution is 8.01. The van der Waals surface area contributed by atoms with Gasteiger partial charge >= 0.3 is 48.8 Å². The van der Waals surface area contributed by atoms with E-state index in [1.54, 1.807) is 35.0 Å². The van der Waals surface area contributed by atoms with Gasteiger partial charge in [0, 0.05) is 33.1 Å². The maximum atomic E-state index is 13.8. The van der Waals surface area contributed by atoms with E-state index in [1.807, 2.05) is 11.8 Å². The van der Waals surface area contributed by atoms with E-state index in [1.165, 1.54) is 46.5 Å². The number of aliphatic hydroxyl groups excluding tert-OH is 1. The Morgan fingerprint density at radius 2 is 0.916 bits per heavy atom. The van der Waals surface area contributed by atoms with E-state index in [-0.39, 0.29) is 90.6 Å². The summed E-state index contributed by atoms with van der Waals surface area (Å²) in [7, 11) is 5.79. The van der Waals surface area contributed by atoms with Crippen molar-refractivity contribution < 1.29 is 129 Å². The lowest BCUT2D eigenvalue weighted by molar-refractivity contribution is -0.302. The third-order valence-electron chi connectivity index (χ3n) is 24.5. The van der Waals surface area contributed by atoms with E-state index < -0.39 is 83.1 Å². The summed E-state index contributed by atoms with van der Waals surface area (Å²) >= 11 is 1.81. The van der Waals surface area contributed by atoms with Gasteiger partial charge in [0.15, 0.2) is 22.4 Å². The molecule has 0 amide bonds. The number of esters is 3. The monoisotopic (exact) mass is 1580 g/mol. The molecule has 29 heteroatoms. The van der Waals surface area contributed by atoms with Gasteiger partial charge in [-0.15, -0.1) is 0 Å². The molecule has 0 radical (unpaired) electrons. The van der Waals surface area contributed by atoms with Crippen LogP contribution in [0.3, 0.4) is 0 Å². The standard InChI is InChI=1S/C21H31F3O3.C12H19F3O.C11H17F3O.C10H15F3OS.C8H11F3O.2C5H8O2.2C3H6O/c1-12(2)19(25)27-18-15-10-6-4-8-13(15)17(20(3,26)21(22,23)24)14-9-5-7-11-16(14)18;1-11(16,12(13,14)15)7-10-6-8-2-4-9(10)5-3-8;1-10(6-15,11(12,13)14)9-5-7-2-3-8(9)4-7;1-9(14,10(11,12)13)5-6-4-7-2-3-8(6)15-7;9-8(10,11)7(12)4-5-1-2-6(7)3-5;2*1-4(2)5(6)7-3;2*1-3-4-2/h13-18,26H,1,4-11H2,2-3H3;8-10,16H,2-7H2,1H3;7-9,15H,2-6H2,1H3;6-8,14H,2-5H2,1H3;5-6,12H,1-4H2;2*1H2,2-3H3;2*3H,1H2,2H3. The van der Waals surface area contributed by atoms with Crippen molar-refractivity contribution in [2.45, 2.75) is 285 Å². The summed E-state index contributed by atoms with van der Waals surface area (Å²) in [4.78, 5) is 32.6. The number of halogens is 15. The van der Waals surface area contributed by atoms with Gasteiger partial charge in [-0.25, -0.2) is 14.4 Å². The molecule has 12 rings (SSSR count). The van der Waals surface area contributed by atoms with E-state index in [2.05, 4.69) is 51.8 Å². The van der Waals surface area contributed by atoms with Gasteiger partial charge in [-0.2, -0.15) is 77.6 Å². The van der Waals surface area contributed by atoms with E-state index in [0.29, 0.717) is 77.1 Å². The Hall–Kier alpha value is -4.19. The van der Waals surface area contributed by atoms with Crippen LogP contribution in [0, 0.1) is 88.3 Å². The molecular formula is C78H121F15O13S. The van der Waals surface area contributed by atoms with Crippen molar-refractivity contribution in [3.63, 3.8) is 0 Å². The summed E-state index contributed by atoms with van der Waals surface area (Å²) in [6.45, 7) is 24.8. The van der Waals surface area contributed by atoms with Crippen LogP contribution in [0.2, 0.25) is 0 Å². The van der Waals surface area contributed by atoms with Gasteiger partial charge in [-0.05, 0) is 247 Å². The van der Waals surface area contributed by atoms with Crippen LogP contribution in [-0.2, 0) is 38.1 Å². The minimum absolute atomic E-state index is 0.0466. The first kappa shape index (κ1) is 97.0. The lowest BCUT2D eigenvalue weighted by Gasteiger charge is -2.58. The molecule has 10 saturated carbocycles. The van der Waals surface area contributed by atoms with E-state index in [0.717, 1.165) is 124 Å². The predicted molar refractivity (Wildman–Crippen MR) is 379 cm³/mol. The molecule has 2 heterocycles. The molecule has 10 aliphatic carbocycles. The molecule has 18 atom stereocenters. The van der Waals surface area contributed by atoms with Gasteiger partial charge in [-0.3, -0.25) is 0 Å². The molecule has 18 unspecified atom stereocenters. The zero-order valence-corrected chi connectivity index (χ0v) is 65.0. The predicted octanol–water partition coefficient (Wildman–Crippen LogP) is 19.6. The average Bonchev–Trinajstić information content (AvgIpc) is 1.42. The fraction of sp³-hybridized carbons (Fsp3) is 0.833. The Labute approximate surface area is 627 Å². The first-order chi connectivity index (χ1) is 49.1. The largest absolute Gasteiger partial charge is 0.505 e. The average molecular weight is 1580 g/mol. The number of carbonyl (C=O) groups is 3. The van der Waals surface area contributed by atoms with Crippen LogP contribution in [0.25, 0.3) is 0 Å². The smallest absolute Gasteiger partial charge is 0.417 e. The second kappa shape index (κ2) is 40.5. The number of fused-ring (bicyclic) bond motifs is 11. The van der Waals surface area contributed by atoms with E-state index in [9.17, 15) is 101 Å². The summed E-state index contributed by atoms with van der Waals surface area (Å²) in [5.74, 6) is -1.68. The Morgan fingerprint density at radius 1 is 0.495 bits per heavy atom. The third-order valence-corrected chi connectivity index (χ3v) is 26.3. The summed E-state index contributed by atoms with van der Waals surface area (Å²) in [5, 5.41) is 49.0. The van der Waals surface area contributed by atoms with Crippen LogP contribution in [-0.4, -0.2) is 148 Å². The number of rotatable bonds is 13. The van der Waals surface area contributed by atoms with Crippen molar-refractivity contribution in [3.05, 3.63) is 62.1 Å². The fourth-order valence-corrected chi connectivity index (χ4v) is 20.4. The second-order valence-corrected chi connectivity index (χ2v) is 33.9. The fourth-order valence-electron chi connectivity index (χ4n) is 18.6. The zero-order chi connectivity index (χ0) is 82.0. The van der Waals surface area contributed by atoms with Gasteiger partial charge < -0.3 is 49.2 Å². The number of thioether (sulfide) groups is 1. The highest BCUT2D eigenvalue weighted by Gasteiger charge is 2.67. The maximum Gasteiger partial charge on any atom is 0.417 e. The number of hydrogen-bond donors (Lipinski definition) is 5. The Bertz CT molecular complexity index is 2780. The molecule has 13 nitrogen and oxygen atoms in total. The first-order valence-corrected chi connectivity index (χ1v) is 38.2. The molecule has 0 aromatic rings. The van der Waals surface area contributed by atoms with Gasteiger partial charge in [0.2, 0.25) is 0 Å². The normalized spacial score (nSPS) is 33.3. The molecular weight excluding hydrogens is 1460 g/mol. The zero-order valence-electron chi connectivity index (χ0n) is 64.2. The van der Waals surface area contributed by atoms with E-state index in [4.69, 9.17) is 9.84 Å². The Balaban J connectivity index is 0.000000330. The summed E-state index contributed by atoms with van der Waals surface area (Å²) in [5.41, 5.74) is -10.8. The van der Waals surface area contributed by atoms with Gasteiger partial charge in [0.1, 0.15) is 6.10 Å². The lowest BCUT2D eigenvalue weighted by Crippen LogP contribution is -2.62. The molecule has 5 N–H and O–H groups in total. The van der Waals surface area contributed by atoms with Crippen LogP contribution in [0.1, 0.15) is 215 Å². The molecule has 2 saturated heterocycles. The minimum atomic E-state index is -4.66. The molecule has 2 aliphatic heterocycles. The molecule has 0 spiro atoms. The molecule has 107 heavy (non-hydrogen) atoms. The van der Waals surface area contributed by atoms with Crippen LogP contribution in [0.4, 0.5) is 65.9 Å². The molecule has 0 aromatic heterocycles. The van der Waals surface area contributed by atoms with Gasteiger partial charge in [0.05, 0.1) is 53.0 Å². The molecule has 0 aromatic carbocycles. The van der Waals surface area contributed by atoms with Crippen LogP contribution in [0.15, 0.2) is 62.1 Å². The van der Waals surface area contributed by atoms with Crippen LogP contribution >= 0.6 is 11.8 Å². The third kappa shape index (κ3) is 25.9. The van der Waals surface area contributed by atoms with Gasteiger partial charge in [0.25, 0.3) is 0 Å². The number of methoxy groups -OCH3 is 4. The highest BCUT2D eigenvalue weighted by atomic mass is 32.2. The quantitative estimate of drug-likeness (QED) is 0.0384. The number of hydrogen-bond acceptors (Lipinski definition) is 14. The van der Waals surface area contributed by atoms with Crippen LogP contribution < -0.4 is 0 Å². The van der Waals surface area contributed by atoms with Crippen LogP contribution in [0.5, 0.6) is 0 Å². The Morgan fingerprint density at radius 3 is 1.19 bits per heavy atom. The topological polar surface area (TPSA) is 199 Å². The molecule has 12 aliphatic rings. The van der Waals surface area contributed by atoms with Crippen molar-refractivity contribution in [1.29, 1.82) is 0 Å². The lowest BCUT2D eigenvalue weighted by atomic mass is 9.50. The van der Waals surface area contributed by atoms with Crippen molar-refractivity contribution in [3.8, 4) is 0 Å². The highest BCUT2D eigenvalue weighted by Crippen LogP contribution is 2.62. The minimum Gasteiger partial charge on any atom is -0.505 e. The second-order valence-electron chi connectivity index (χ2n) is 32.3. The van der Waals surface area contributed by atoms with E-state index >= 15 is 0 Å². The number of aliphatic hydroxyl groups is 5. The summed E-state index contributed by atoms with van der Waals surface area (Å²) in [6.07, 6.45) is 0.0681. The van der Waals surface area contributed by atoms with Crippen molar-refractivity contribution >= 4 is 29.7 Å². The summed E-state index contributed by atoms with van der Waals surface area (Å²) < 4.78 is 215.